The Morgan fingerprint density at radius 3 is 2.69 bits per heavy atom. The van der Waals surface area contributed by atoms with Gasteiger partial charge in [0.2, 0.25) is 0 Å². The molecule has 0 spiro atoms. The molecule has 2 heteroatoms. The number of halogens is 1. The monoisotopic (exact) mass is 176 g/mol. The van der Waals surface area contributed by atoms with Gasteiger partial charge in [0, 0.05) is 5.56 Å². The van der Waals surface area contributed by atoms with Gasteiger partial charge in [0.05, 0.1) is 6.26 Å². The number of benzene rings is 1. The van der Waals surface area contributed by atoms with E-state index in [1.54, 1.807) is 25.3 Å². The fraction of sp³-hybridized carbons (Fsp3) is 0.0909. The zero-order valence-corrected chi connectivity index (χ0v) is 7.25. The molecule has 0 fully saturated rings. The number of hydrogen-bond acceptors (Lipinski definition) is 1. The first kappa shape index (κ1) is 8.05. The predicted octanol–water partition coefficient (Wildman–Crippen LogP) is 3.39. The summed E-state index contributed by atoms with van der Waals surface area (Å²) >= 11 is 0. The van der Waals surface area contributed by atoms with Gasteiger partial charge in [0.15, 0.2) is 0 Å². The van der Waals surface area contributed by atoms with Crippen molar-refractivity contribution in [2.45, 2.75) is 6.92 Å². The van der Waals surface area contributed by atoms with Gasteiger partial charge in [-0.15, -0.1) is 0 Å². The first-order valence-electron chi connectivity index (χ1n) is 4.08. The van der Waals surface area contributed by atoms with E-state index in [1.807, 2.05) is 12.1 Å². The Labute approximate surface area is 75.8 Å². The van der Waals surface area contributed by atoms with Gasteiger partial charge >= 0.3 is 0 Å². The zero-order chi connectivity index (χ0) is 9.26. The van der Waals surface area contributed by atoms with Gasteiger partial charge < -0.3 is 4.42 Å². The van der Waals surface area contributed by atoms with Crippen LogP contribution in [-0.2, 0) is 0 Å². The minimum atomic E-state index is -0.200. The molecule has 0 N–H and O–H groups in total. The fourth-order valence-corrected chi connectivity index (χ4v) is 1.31. The maximum Gasteiger partial charge on any atom is 0.134 e. The molecule has 0 saturated carbocycles. The van der Waals surface area contributed by atoms with Crippen molar-refractivity contribution in [1.29, 1.82) is 0 Å². The smallest absolute Gasteiger partial charge is 0.134 e. The van der Waals surface area contributed by atoms with Gasteiger partial charge in [0.25, 0.3) is 0 Å². The van der Waals surface area contributed by atoms with Crippen LogP contribution in [-0.4, -0.2) is 0 Å². The highest BCUT2D eigenvalue weighted by molar-refractivity contribution is 5.61. The van der Waals surface area contributed by atoms with Crippen molar-refractivity contribution in [1.82, 2.24) is 0 Å². The molecule has 0 saturated heterocycles. The summed E-state index contributed by atoms with van der Waals surface area (Å²) in [5.41, 5.74) is 1.43. The summed E-state index contributed by atoms with van der Waals surface area (Å²) in [7, 11) is 0. The molecule has 0 aliphatic heterocycles. The lowest BCUT2D eigenvalue weighted by molar-refractivity contribution is 0.578. The van der Waals surface area contributed by atoms with E-state index in [0.29, 0.717) is 11.3 Å². The van der Waals surface area contributed by atoms with Gasteiger partial charge in [-0.3, -0.25) is 0 Å². The second kappa shape index (κ2) is 3.05. The Morgan fingerprint density at radius 1 is 1.15 bits per heavy atom. The summed E-state index contributed by atoms with van der Waals surface area (Å²) in [6.45, 7) is 1.74. The SMILES string of the molecule is Cc1c(F)cccc1-c1ccco1. The Balaban J connectivity index is 2.59. The Bertz CT molecular complexity index is 404. The zero-order valence-electron chi connectivity index (χ0n) is 7.25. The van der Waals surface area contributed by atoms with E-state index in [-0.39, 0.29) is 5.82 Å². The topological polar surface area (TPSA) is 13.1 Å². The largest absolute Gasteiger partial charge is 0.464 e. The molecule has 1 nitrogen and oxygen atoms in total. The second-order valence-electron chi connectivity index (χ2n) is 2.89. The van der Waals surface area contributed by atoms with Crippen molar-refractivity contribution in [3.63, 3.8) is 0 Å². The summed E-state index contributed by atoms with van der Waals surface area (Å²) < 4.78 is 18.3. The quantitative estimate of drug-likeness (QED) is 0.649. The molecule has 2 rings (SSSR count). The molecular formula is C11H9FO. The molecule has 0 atom stereocenters. The van der Waals surface area contributed by atoms with Gasteiger partial charge in [0.1, 0.15) is 11.6 Å². The molecule has 0 amide bonds. The van der Waals surface area contributed by atoms with Crippen LogP contribution in [0.25, 0.3) is 11.3 Å². The lowest BCUT2D eigenvalue weighted by Crippen LogP contribution is -1.85. The number of hydrogen-bond donors (Lipinski definition) is 0. The maximum atomic E-state index is 13.1. The highest BCUT2D eigenvalue weighted by atomic mass is 19.1. The third kappa shape index (κ3) is 1.35. The maximum absolute atomic E-state index is 13.1. The normalized spacial score (nSPS) is 10.3. The summed E-state index contributed by atoms with van der Waals surface area (Å²) in [4.78, 5) is 0. The molecule has 0 radical (unpaired) electrons. The van der Waals surface area contributed by atoms with Crippen LogP contribution >= 0.6 is 0 Å². The van der Waals surface area contributed by atoms with Crippen LogP contribution < -0.4 is 0 Å². The molecule has 0 aliphatic rings. The lowest BCUT2D eigenvalue weighted by atomic mass is 10.1. The average Bonchev–Trinajstić information content (AvgIpc) is 2.62. The molecule has 13 heavy (non-hydrogen) atoms. The molecule has 1 heterocycles. The highest BCUT2D eigenvalue weighted by Gasteiger charge is 2.06. The van der Waals surface area contributed by atoms with Crippen LogP contribution in [0.5, 0.6) is 0 Å². The molecule has 2 aromatic rings. The molecule has 66 valence electrons. The molecule has 0 aliphatic carbocycles. The van der Waals surface area contributed by atoms with Crippen LogP contribution in [0.1, 0.15) is 5.56 Å². The molecular weight excluding hydrogens is 167 g/mol. The van der Waals surface area contributed by atoms with E-state index in [2.05, 4.69) is 0 Å². The Hall–Kier alpha value is -1.57. The third-order valence-electron chi connectivity index (χ3n) is 2.05. The minimum Gasteiger partial charge on any atom is -0.464 e. The van der Waals surface area contributed by atoms with Crippen LogP contribution in [0.15, 0.2) is 41.0 Å². The van der Waals surface area contributed by atoms with Crippen LogP contribution in [0.2, 0.25) is 0 Å². The van der Waals surface area contributed by atoms with Gasteiger partial charge in [-0.1, -0.05) is 12.1 Å². The van der Waals surface area contributed by atoms with Gasteiger partial charge in [-0.25, -0.2) is 4.39 Å². The van der Waals surface area contributed by atoms with Crippen molar-refractivity contribution in [3.8, 4) is 11.3 Å². The first-order chi connectivity index (χ1) is 6.29. The minimum absolute atomic E-state index is 0.200. The molecule has 0 bridgehead atoms. The van der Waals surface area contributed by atoms with Crippen molar-refractivity contribution < 1.29 is 8.81 Å². The van der Waals surface area contributed by atoms with Gasteiger partial charge in [-0.2, -0.15) is 0 Å². The molecule has 0 unspecified atom stereocenters. The molecule has 1 aromatic carbocycles. The summed E-state index contributed by atoms with van der Waals surface area (Å²) in [6.07, 6.45) is 1.58. The van der Waals surface area contributed by atoms with E-state index in [0.717, 1.165) is 5.56 Å². The Kier molecular flexibility index (Phi) is 1.89. The van der Waals surface area contributed by atoms with Gasteiger partial charge in [-0.05, 0) is 30.7 Å². The number of furan rings is 1. The predicted molar refractivity (Wildman–Crippen MR) is 48.8 cm³/mol. The average molecular weight is 176 g/mol. The van der Waals surface area contributed by atoms with E-state index in [9.17, 15) is 4.39 Å². The van der Waals surface area contributed by atoms with Crippen molar-refractivity contribution in [2.75, 3.05) is 0 Å². The van der Waals surface area contributed by atoms with Crippen LogP contribution in [0, 0.1) is 12.7 Å². The lowest BCUT2D eigenvalue weighted by Gasteiger charge is -2.02. The van der Waals surface area contributed by atoms with E-state index in [4.69, 9.17) is 4.42 Å². The summed E-state index contributed by atoms with van der Waals surface area (Å²) in [6, 6.07) is 8.58. The van der Waals surface area contributed by atoms with Crippen molar-refractivity contribution in [3.05, 3.63) is 48.0 Å². The van der Waals surface area contributed by atoms with E-state index < -0.39 is 0 Å². The Morgan fingerprint density at radius 2 is 2.00 bits per heavy atom. The van der Waals surface area contributed by atoms with Crippen molar-refractivity contribution >= 4 is 0 Å². The standard InChI is InChI=1S/C11H9FO/c1-8-9(4-2-5-10(8)12)11-6-3-7-13-11/h2-7H,1H3. The van der Waals surface area contributed by atoms with E-state index in [1.165, 1.54) is 6.07 Å². The fourth-order valence-electron chi connectivity index (χ4n) is 1.31. The van der Waals surface area contributed by atoms with E-state index >= 15 is 0 Å². The summed E-state index contributed by atoms with van der Waals surface area (Å²) in [5.74, 6) is 0.505. The van der Waals surface area contributed by atoms with Crippen LogP contribution in [0.3, 0.4) is 0 Å². The summed E-state index contributed by atoms with van der Waals surface area (Å²) in [5, 5.41) is 0. The molecule has 1 aromatic heterocycles. The second-order valence-corrected chi connectivity index (χ2v) is 2.89. The number of rotatable bonds is 1. The first-order valence-corrected chi connectivity index (χ1v) is 4.08. The van der Waals surface area contributed by atoms with Crippen molar-refractivity contribution in [2.24, 2.45) is 0 Å². The van der Waals surface area contributed by atoms with Crippen LogP contribution in [0.4, 0.5) is 4.39 Å². The third-order valence-corrected chi connectivity index (χ3v) is 2.05. The highest BCUT2D eigenvalue weighted by Crippen LogP contribution is 2.24.